The standard InChI is InChI=1S/C18H15ClN2O2/c1-10-2-7-16-15(8-10)21-18(23-16)13-6-5-12(9-14(13)19)20-17(22)11-3-4-11/h2,5-9,11H,3-4H2,1H3,(H,20,22). The van der Waals surface area contributed by atoms with Gasteiger partial charge in [-0.15, -0.1) is 0 Å². The first-order valence-electron chi connectivity index (χ1n) is 7.58. The molecule has 2 aromatic carbocycles. The van der Waals surface area contributed by atoms with Gasteiger partial charge in [-0.2, -0.15) is 0 Å². The maximum Gasteiger partial charge on any atom is 0.228 e. The molecule has 3 aromatic rings. The molecule has 5 heteroatoms. The second-order valence-electron chi connectivity index (χ2n) is 5.95. The normalized spacial score (nSPS) is 14.2. The van der Waals surface area contributed by atoms with E-state index in [2.05, 4.69) is 10.3 Å². The average molecular weight is 327 g/mol. The third-order valence-electron chi connectivity index (χ3n) is 3.96. The van der Waals surface area contributed by atoms with E-state index in [9.17, 15) is 4.79 Å². The average Bonchev–Trinajstić information content (AvgIpc) is 3.28. The van der Waals surface area contributed by atoms with Gasteiger partial charge >= 0.3 is 0 Å². The molecular weight excluding hydrogens is 312 g/mol. The van der Waals surface area contributed by atoms with Gasteiger partial charge in [0.1, 0.15) is 5.52 Å². The minimum atomic E-state index is 0.0613. The van der Waals surface area contributed by atoms with E-state index in [-0.39, 0.29) is 11.8 Å². The molecule has 1 aliphatic rings. The first kappa shape index (κ1) is 14.3. The first-order valence-corrected chi connectivity index (χ1v) is 7.96. The minimum absolute atomic E-state index is 0.0613. The number of aromatic nitrogens is 1. The second-order valence-corrected chi connectivity index (χ2v) is 6.36. The highest BCUT2D eigenvalue weighted by atomic mass is 35.5. The van der Waals surface area contributed by atoms with Crippen LogP contribution in [0.4, 0.5) is 5.69 Å². The lowest BCUT2D eigenvalue weighted by Crippen LogP contribution is -2.13. The van der Waals surface area contributed by atoms with Crippen LogP contribution in [0, 0.1) is 12.8 Å². The zero-order valence-corrected chi connectivity index (χ0v) is 13.4. The summed E-state index contributed by atoms with van der Waals surface area (Å²) in [4.78, 5) is 16.3. The summed E-state index contributed by atoms with van der Waals surface area (Å²) < 4.78 is 5.78. The summed E-state index contributed by atoms with van der Waals surface area (Å²) in [5.41, 5.74) is 4.07. The SMILES string of the molecule is Cc1ccc2oc(-c3ccc(NC(=O)C4CC4)cc3Cl)nc2c1. The van der Waals surface area contributed by atoms with Gasteiger partial charge in [0.2, 0.25) is 11.8 Å². The molecule has 23 heavy (non-hydrogen) atoms. The van der Waals surface area contributed by atoms with Gasteiger partial charge < -0.3 is 9.73 Å². The maximum atomic E-state index is 11.8. The number of hydrogen-bond donors (Lipinski definition) is 1. The number of halogens is 1. The van der Waals surface area contributed by atoms with Crippen molar-refractivity contribution >= 4 is 34.3 Å². The van der Waals surface area contributed by atoms with Crippen LogP contribution in [0.1, 0.15) is 18.4 Å². The molecular formula is C18H15ClN2O2. The predicted molar refractivity (Wildman–Crippen MR) is 90.5 cm³/mol. The summed E-state index contributed by atoms with van der Waals surface area (Å²) >= 11 is 6.35. The number of rotatable bonds is 3. The lowest BCUT2D eigenvalue weighted by Gasteiger charge is -2.06. The van der Waals surface area contributed by atoms with Crippen LogP contribution in [-0.4, -0.2) is 10.9 Å². The van der Waals surface area contributed by atoms with Crippen molar-refractivity contribution in [2.75, 3.05) is 5.32 Å². The smallest absolute Gasteiger partial charge is 0.228 e. The van der Waals surface area contributed by atoms with Crippen molar-refractivity contribution in [2.24, 2.45) is 5.92 Å². The molecule has 1 aliphatic carbocycles. The third kappa shape index (κ3) is 2.82. The van der Waals surface area contributed by atoms with Crippen molar-refractivity contribution in [3.05, 3.63) is 47.0 Å². The number of carbonyl (C=O) groups is 1. The first-order chi connectivity index (χ1) is 11.1. The Hall–Kier alpha value is -2.33. The van der Waals surface area contributed by atoms with Crippen LogP contribution in [0.3, 0.4) is 0 Å². The summed E-state index contributed by atoms with van der Waals surface area (Å²) in [6, 6.07) is 11.2. The van der Waals surface area contributed by atoms with E-state index in [1.54, 1.807) is 6.07 Å². The summed E-state index contributed by atoms with van der Waals surface area (Å²) in [5.74, 6) is 0.704. The number of carbonyl (C=O) groups excluding carboxylic acids is 1. The zero-order valence-electron chi connectivity index (χ0n) is 12.6. The van der Waals surface area contributed by atoms with Gasteiger partial charge in [0.25, 0.3) is 0 Å². The topological polar surface area (TPSA) is 55.1 Å². The van der Waals surface area contributed by atoms with Crippen molar-refractivity contribution < 1.29 is 9.21 Å². The Morgan fingerprint density at radius 1 is 1.26 bits per heavy atom. The fourth-order valence-electron chi connectivity index (χ4n) is 2.51. The van der Waals surface area contributed by atoms with E-state index in [0.29, 0.717) is 22.2 Å². The van der Waals surface area contributed by atoms with Crippen LogP contribution < -0.4 is 5.32 Å². The van der Waals surface area contributed by atoms with E-state index in [4.69, 9.17) is 16.0 Å². The highest BCUT2D eigenvalue weighted by molar-refractivity contribution is 6.33. The van der Waals surface area contributed by atoms with Gasteiger partial charge in [-0.3, -0.25) is 4.79 Å². The Balaban J connectivity index is 1.65. The Morgan fingerprint density at radius 3 is 2.83 bits per heavy atom. The lowest BCUT2D eigenvalue weighted by molar-refractivity contribution is -0.117. The molecule has 1 heterocycles. The Morgan fingerprint density at radius 2 is 2.09 bits per heavy atom. The number of nitrogens with one attached hydrogen (secondary N) is 1. The molecule has 0 saturated heterocycles. The molecule has 0 unspecified atom stereocenters. The Kier molecular flexibility index (Phi) is 3.34. The number of anilines is 1. The molecule has 0 radical (unpaired) electrons. The minimum Gasteiger partial charge on any atom is -0.436 e. The van der Waals surface area contributed by atoms with Crippen LogP contribution in [0.5, 0.6) is 0 Å². The predicted octanol–water partition coefficient (Wildman–Crippen LogP) is 4.81. The molecule has 4 nitrogen and oxygen atoms in total. The molecule has 0 aliphatic heterocycles. The van der Waals surface area contributed by atoms with Crippen LogP contribution in [0.25, 0.3) is 22.6 Å². The number of nitrogens with zero attached hydrogens (tertiary/aromatic N) is 1. The van der Waals surface area contributed by atoms with Gasteiger partial charge in [0.05, 0.1) is 10.6 Å². The summed E-state index contributed by atoms with van der Waals surface area (Å²) in [6.07, 6.45) is 1.94. The van der Waals surface area contributed by atoms with Gasteiger partial charge in [-0.1, -0.05) is 17.7 Å². The van der Waals surface area contributed by atoms with Crippen molar-refractivity contribution in [1.29, 1.82) is 0 Å². The molecule has 1 fully saturated rings. The van der Waals surface area contributed by atoms with Gasteiger partial charge in [0.15, 0.2) is 5.58 Å². The molecule has 0 spiro atoms. The Labute approximate surface area is 138 Å². The number of fused-ring (bicyclic) bond motifs is 1. The summed E-state index contributed by atoms with van der Waals surface area (Å²) in [5, 5.41) is 3.38. The van der Waals surface area contributed by atoms with Crippen molar-refractivity contribution in [3.63, 3.8) is 0 Å². The summed E-state index contributed by atoms with van der Waals surface area (Å²) in [7, 11) is 0. The summed E-state index contributed by atoms with van der Waals surface area (Å²) in [6.45, 7) is 2.01. The largest absolute Gasteiger partial charge is 0.436 e. The number of benzene rings is 2. The van der Waals surface area contributed by atoms with Crippen LogP contribution in [-0.2, 0) is 4.79 Å². The number of aryl methyl sites for hydroxylation is 1. The lowest BCUT2D eigenvalue weighted by atomic mass is 10.2. The number of hydrogen-bond acceptors (Lipinski definition) is 3. The van der Waals surface area contributed by atoms with Crippen molar-refractivity contribution in [2.45, 2.75) is 19.8 Å². The highest BCUT2D eigenvalue weighted by Crippen LogP contribution is 2.34. The van der Waals surface area contributed by atoms with E-state index in [1.807, 2.05) is 37.3 Å². The fraction of sp³-hybridized carbons (Fsp3) is 0.222. The fourth-order valence-corrected chi connectivity index (χ4v) is 2.77. The third-order valence-corrected chi connectivity index (χ3v) is 4.27. The molecule has 1 N–H and O–H groups in total. The molecule has 0 bridgehead atoms. The Bertz CT molecular complexity index is 913. The van der Waals surface area contributed by atoms with Crippen molar-refractivity contribution in [3.8, 4) is 11.5 Å². The molecule has 1 amide bonds. The zero-order chi connectivity index (χ0) is 16.0. The van der Waals surface area contributed by atoms with E-state index in [1.165, 1.54) is 0 Å². The molecule has 1 aromatic heterocycles. The quantitative estimate of drug-likeness (QED) is 0.751. The molecule has 1 saturated carbocycles. The van der Waals surface area contributed by atoms with Crippen molar-refractivity contribution in [1.82, 2.24) is 4.98 Å². The van der Waals surface area contributed by atoms with Gasteiger partial charge in [-0.25, -0.2) is 4.98 Å². The maximum absolute atomic E-state index is 11.8. The van der Waals surface area contributed by atoms with E-state index < -0.39 is 0 Å². The number of oxazole rings is 1. The van der Waals surface area contributed by atoms with Crippen LogP contribution >= 0.6 is 11.6 Å². The monoisotopic (exact) mass is 326 g/mol. The van der Waals surface area contributed by atoms with Gasteiger partial charge in [-0.05, 0) is 55.7 Å². The molecule has 0 atom stereocenters. The highest BCUT2D eigenvalue weighted by Gasteiger charge is 2.29. The molecule has 4 rings (SSSR count). The second kappa shape index (κ2) is 5.39. The van der Waals surface area contributed by atoms with E-state index >= 15 is 0 Å². The van der Waals surface area contributed by atoms with Crippen LogP contribution in [0.15, 0.2) is 40.8 Å². The molecule has 116 valence electrons. The van der Waals surface area contributed by atoms with Gasteiger partial charge in [0, 0.05) is 11.6 Å². The number of amides is 1. The van der Waals surface area contributed by atoms with E-state index in [0.717, 1.165) is 29.5 Å². The van der Waals surface area contributed by atoms with Crippen LogP contribution in [0.2, 0.25) is 5.02 Å².